The van der Waals surface area contributed by atoms with Gasteiger partial charge in [-0.25, -0.2) is 4.98 Å². The number of carbonyl (C=O) groups excluding carboxylic acids is 1. The maximum atomic E-state index is 11.0. The van der Waals surface area contributed by atoms with E-state index < -0.39 is 5.91 Å². The zero-order valence-electron chi connectivity index (χ0n) is 9.92. The molecule has 0 spiro atoms. The number of carbonyl (C=O) groups is 1. The number of nitrogens with zero attached hydrogens (tertiary/aromatic N) is 3. The maximum absolute atomic E-state index is 11.0. The molecule has 0 aliphatic rings. The van der Waals surface area contributed by atoms with Gasteiger partial charge in [0.15, 0.2) is 5.82 Å². The van der Waals surface area contributed by atoms with Crippen LogP contribution in [0, 0.1) is 0 Å². The number of nitrogen functional groups attached to an aromatic ring is 1. The molecule has 1 amide bonds. The molecule has 5 N–H and O–H groups in total. The Balaban J connectivity index is 2.08. The van der Waals surface area contributed by atoms with Gasteiger partial charge in [-0.1, -0.05) is 0 Å². The molecule has 7 nitrogen and oxygen atoms in total. The van der Waals surface area contributed by atoms with Crippen molar-refractivity contribution in [3.63, 3.8) is 0 Å². The van der Waals surface area contributed by atoms with Crippen molar-refractivity contribution in [2.75, 3.05) is 11.1 Å². The first-order chi connectivity index (χ1) is 8.56. The molecule has 0 saturated carbocycles. The maximum Gasteiger partial charge on any atom is 0.248 e. The first kappa shape index (κ1) is 11.9. The van der Waals surface area contributed by atoms with Crippen LogP contribution in [0.2, 0.25) is 0 Å². The predicted molar refractivity (Wildman–Crippen MR) is 67.7 cm³/mol. The number of aromatic nitrogens is 3. The van der Waals surface area contributed by atoms with Gasteiger partial charge in [0, 0.05) is 12.6 Å². The zero-order chi connectivity index (χ0) is 13.1. The van der Waals surface area contributed by atoms with Gasteiger partial charge < -0.3 is 16.8 Å². The van der Waals surface area contributed by atoms with Crippen LogP contribution in [0.5, 0.6) is 0 Å². The number of nitrogens with two attached hydrogens (primary N) is 2. The zero-order valence-corrected chi connectivity index (χ0v) is 9.92. The Bertz CT molecular complexity index is 577. The minimum Gasteiger partial charge on any atom is -0.397 e. The fourth-order valence-electron chi connectivity index (χ4n) is 1.52. The topological polar surface area (TPSA) is 112 Å². The fraction of sp³-hybridized carbons (Fsp3) is 0.182. The monoisotopic (exact) mass is 246 g/mol. The number of amides is 1. The number of nitrogens with one attached hydrogen (secondary N) is 1. The number of anilines is 2. The van der Waals surface area contributed by atoms with E-state index in [-0.39, 0.29) is 0 Å². The molecule has 1 heterocycles. The lowest BCUT2D eigenvalue weighted by Crippen LogP contribution is -2.12. The molecular weight excluding hydrogens is 232 g/mol. The van der Waals surface area contributed by atoms with E-state index in [4.69, 9.17) is 11.5 Å². The van der Waals surface area contributed by atoms with Gasteiger partial charge >= 0.3 is 0 Å². The van der Waals surface area contributed by atoms with Gasteiger partial charge in [-0.15, -0.1) is 0 Å². The lowest BCUT2D eigenvalue weighted by atomic mass is 10.1. The number of hydrogen-bond acceptors (Lipinski definition) is 5. The summed E-state index contributed by atoms with van der Waals surface area (Å²) in [6.07, 6.45) is 1.62. The molecule has 1 aromatic carbocycles. The highest BCUT2D eigenvalue weighted by atomic mass is 16.1. The SMILES string of the molecule is Cn1cnc(CNc2ccc(C(N)=O)cc2N)n1. The first-order valence-electron chi connectivity index (χ1n) is 5.34. The van der Waals surface area contributed by atoms with Gasteiger partial charge in [0.25, 0.3) is 0 Å². The molecule has 0 atom stereocenters. The highest BCUT2D eigenvalue weighted by Crippen LogP contribution is 2.20. The average molecular weight is 246 g/mol. The Kier molecular flexibility index (Phi) is 3.13. The fourth-order valence-corrected chi connectivity index (χ4v) is 1.52. The number of primary amides is 1. The van der Waals surface area contributed by atoms with Crippen LogP contribution in [-0.2, 0) is 13.6 Å². The number of benzene rings is 1. The van der Waals surface area contributed by atoms with E-state index in [1.165, 1.54) is 6.07 Å². The lowest BCUT2D eigenvalue weighted by molar-refractivity contribution is 0.100. The van der Waals surface area contributed by atoms with Crippen molar-refractivity contribution < 1.29 is 4.79 Å². The second-order valence-electron chi connectivity index (χ2n) is 3.85. The Labute approximate surface area is 104 Å². The Morgan fingerprint density at radius 2 is 2.28 bits per heavy atom. The molecule has 1 aromatic heterocycles. The molecule has 18 heavy (non-hydrogen) atoms. The normalized spacial score (nSPS) is 10.3. The van der Waals surface area contributed by atoms with Gasteiger partial charge in [0.05, 0.1) is 17.9 Å². The molecule has 0 saturated heterocycles. The molecule has 0 unspecified atom stereocenters. The summed E-state index contributed by atoms with van der Waals surface area (Å²) < 4.78 is 1.62. The third-order valence-electron chi connectivity index (χ3n) is 2.42. The van der Waals surface area contributed by atoms with Gasteiger partial charge in [-0.05, 0) is 18.2 Å². The standard InChI is InChI=1S/C11H14N6O/c1-17-6-15-10(16-17)5-14-9-3-2-7(11(13)18)4-8(9)12/h2-4,6,14H,5,12H2,1H3,(H2,13,18). The van der Waals surface area contributed by atoms with Crippen molar-refractivity contribution in [3.8, 4) is 0 Å². The van der Waals surface area contributed by atoms with Gasteiger partial charge in [0.1, 0.15) is 6.33 Å². The molecule has 0 radical (unpaired) electrons. The van der Waals surface area contributed by atoms with Crippen LogP contribution >= 0.6 is 0 Å². The molecule has 94 valence electrons. The van der Waals surface area contributed by atoms with Crippen molar-refractivity contribution in [1.29, 1.82) is 0 Å². The van der Waals surface area contributed by atoms with E-state index in [0.29, 0.717) is 29.3 Å². The lowest BCUT2D eigenvalue weighted by Gasteiger charge is -2.08. The summed E-state index contributed by atoms with van der Waals surface area (Å²) in [4.78, 5) is 15.1. The van der Waals surface area contributed by atoms with Crippen LogP contribution < -0.4 is 16.8 Å². The molecule has 0 fully saturated rings. The van der Waals surface area contributed by atoms with E-state index in [0.717, 1.165) is 0 Å². The van der Waals surface area contributed by atoms with Gasteiger partial charge in [-0.3, -0.25) is 9.48 Å². The predicted octanol–water partition coefficient (Wildman–Crippen LogP) is 0.108. The smallest absolute Gasteiger partial charge is 0.248 e. The van der Waals surface area contributed by atoms with E-state index in [1.54, 1.807) is 30.2 Å². The third-order valence-corrected chi connectivity index (χ3v) is 2.42. The summed E-state index contributed by atoms with van der Waals surface area (Å²) in [6, 6.07) is 4.86. The van der Waals surface area contributed by atoms with Crippen molar-refractivity contribution in [2.24, 2.45) is 12.8 Å². The first-order valence-corrected chi connectivity index (χ1v) is 5.34. The molecule has 0 aliphatic heterocycles. The van der Waals surface area contributed by atoms with Crippen LogP contribution in [0.4, 0.5) is 11.4 Å². The quantitative estimate of drug-likeness (QED) is 0.663. The number of rotatable bonds is 4. The van der Waals surface area contributed by atoms with E-state index in [2.05, 4.69) is 15.4 Å². The van der Waals surface area contributed by atoms with Crippen LogP contribution in [0.3, 0.4) is 0 Å². The van der Waals surface area contributed by atoms with Gasteiger partial charge in [-0.2, -0.15) is 5.10 Å². The molecule has 7 heteroatoms. The third kappa shape index (κ3) is 2.57. The summed E-state index contributed by atoms with van der Waals surface area (Å²) in [6.45, 7) is 0.459. The number of hydrogen-bond donors (Lipinski definition) is 3. The van der Waals surface area contributed by atoms with Crippen molar-refractivity contribution in [1.82, 2.24) is 14.8 Å². The van der Waals surface area contributed by atoms with Crippen LogP contribution in [-0.4, -0.2) is 20.7 Å². The average Bonchev–Trinajstić information content (AvgIpc) is 2.73. The van der Waals surface area contributed by atoms with Crippen molar-refractivity contribution in [3.05, 3.63) is 35.9 Å². The minimum absolute atomic E-state index is 0.383. The molecule has 2 rings (SSSR count). The van der Waals surface area contributed by atoms with Crippen LogP contribution in [0.15, 0.2) is 24.5 Å². The molecule has 2 aromatic rings. The second kappa shape index (κ2) is 4.74. The summed E-state index contributed by atoms with van der Waals surface area (Å²) in [5.74, 6) is 0.163. The van der Waals surface area contributed by atoms with Crippen molar-refractivity contribution >= 4 is 17.3 Å². The van der Waals surface area contributed by atoms with Gasteiger partial charge in [0.2, 0.25) is 5.91 Å². The summed E-state index contributed by atoms with van der Waals surface area (Å²) in [5, 5.41) is 7.22. The highest BCUT2D eigenvalue weighted by molar-refractivity contribution is 5.94. The Morgan fingerprint density at radius 1 is 1.50 bits per heavy atom. The largest absolute Gasteiger partial charge is 0.397 e. The summed E-state index contributed by atoms with van der Waals surface area (Å²) >= 11 is 0. The molecule has 0 aliphatic carbocycles. The van der Waals surface area contributed by atoms with Crippen LogP contribution in [0.25, 0.3) is 0 Å². The highest BCUT2D eigenvalue weighted by Gasteiger charge is 2.05. The van der Waals surface area contributed by atoms with Crippen molar-refractivity contribution in [2.45, 2.75) is 6.54 Å². The minimum atomic E-state index is -0.500. The van der Waals surface area contributed by atoms with E-state index in [1.807, 2.05) is 0 Å². The summed E-state index contributed by atoms with van der Waals surface area (Å²) in [5.41, 5.74) is 12.5. The Morgan fingerprint density at radius 3 is 2.83 bits per heavy atom. The summed E-state index contributed by atoms with van der Waals surface area (Å²) in [7, 11) is 1.80. The Hall–Kier alpha value is -2.57. The second-order valence-corrected chi connectivity index (χ2v) is 3.85. The van der Waals surface area contributed by atoms with Crippen LogP contribution in [0.1, 0.15) is 16.2 Å². The van der Waals surface area contributed by atoms with E-state index >= 15 is 0 Å². The molecular formula is C11H14N6O. The van der Waals surface area contributed by atoms with E-state index in [9.17, 15) is 4.79 Å². The number of aryl methyl sites for hydroxylation is 1. The molecule has 0 bridgehead atoms.